The lowest BCUT2D eigenvalue weighted by molar-refractivity contribution is -0.137. The van der Waals surface area contributed by atoms with Gasteiger partial charge in [-0.05, 0) is 42.5 Å². The Morgan fingerprint density at radius 2 is 1.94 bits per heavy atom. The molecular formula is C11H11F4N. The Morgan fingerprint density at radius 3 is 2.56 bits per heavy atom. The van der Waals surface area contributed by atoms with Gasteiger partial charge in [0, 0.05) is 6.04 Å². The second kappa shape index (κ2) is 3.73. The van der Waals surface area contributed by atoms with Crippen LogP contribution in [0.15, 0.2) is 12.1 Å². The number of benzene rings is 1. The Hall–Kier alpha value is -1.10. The Labute approximate surface area is 90.3 Å². The van der Waals surface area contributed by atoms with Crippen molar-refractivity contribution in [2.24, 2.45) is 5.73 Å². The third-order valence-corrected chi connectivity index (χ3v) is 2.90. The van der Waals surface area contributed by atoms with Gasteiger partial charge < -0.3 is 5.73 Å². The molecule has 1 aliphatic carbocycles. The maximum absolute atomic E-state index is 13.5. The Kier molecular flexibility index (Phi) is 2.66. The summed E-state index contributed by atoms with van der Waals surface area (Å²) in [7, 11) is 0. The summed E-state index contributed by atoms with van der Waals surface area (Å²) in [4.78, 5) is 0. The molecule has 1 atom stereocenters. The molecule has 0 aliphatic heterocycles. The Morgan fingerprint density at radius 1 is 1.25 bits per heavy atom. The molecular weight excluding hydrogens is 222 g/mol. The van der Waals surface area contributed by atoms with Crippen LogP contribution in [0.5, 0.6) is 0 Å². The van der Waals surface area contributed by atoms with Crippen molar-refractivity contribution >= 4 is 0 Å². The molecule has 0 saturated carbocycles. The van der Waals surface area contributed by atoms with Gasteiger partial charge in [-0.15, -0.1) is 0 Å². The maximum Gasteiger partial charge on any atom is 0.416 e. The predicted molar refractivity (Wildman–Crippen MR) is 51.3 cm³/mol. The van der Waals surface area contributed by atoms with Gasteiger partial charge in [0.05, 0.1) is 5.56 Å². The normalized spacial score (nSPS) is 20.7. The number of fused-ring (bicyclic) bond motifs is 1. The Balaban J connectivity index is 2.55. The molecule has 0 bridgehead atoms. The highest BCUT2D eigenvalue weighted by Gasteiger charge is 2.33. The number of alkyl halides is 3. The fourth-order valence-electron chi connectivity index (χ4n) is 2.07. The van der Waals surface area contributed by atoms with Crippen LogP contribution in [-0.2, 0) is 12.6 Å². The highest BCUT2D eigenvalue weighted by atomic mass is 19.4. The number of hydrogen-bond donors (Lipinski definition) is 1. The summed E-state index contributed by atoms with van der Waals surface area (Å²) in [5.41, 5.74) is 5.38. The first-order valence-electron chi connectivity index (χ1n) is 5.04. The van der Waals surface area contributed by atoms with Crippen LogP contribution >= 0.6 is 0 Å². The van der Waals surface area contributed by atoms with Crippen LogP contribution in [0.3, 0.4) is 0 Å². The first-order valence-corrected chi connectivity index (χ1v) is 5.04. The molecule has 1 aromatic carbocycles. The third-order valence-electron chi connectivity index (χ3n) is 2.90. The van der Waals surface area contributed by atoms with Gasteiger partial charge >= 0.3 is 6.18 Å². The molecule has 88 valence electrons. The van der Waals surface area contributed by atoms with Crippen molar-refractivity contribution in [3.05, 3.63) is 34.6 Å². The second-order valence-electron chi connectivity index (χ2n) is 4.02. The van der Waals surface area contributed by atoms with Crippen LogP contribution in [-0.4, -0.2) is 0 Å². The van der Waals surface area contributed by atoms with E-state index < -0.39 is 23.6 Å². The van der Waals surface area contributed by atoms with Crippen LogP contribution in [0.1, 0.15) is 35.6 Å². The lowest BCUT2D eigenvalue weighted by Gasteiger charge is -2.24. The topological polar surface area (TPSA) is 26.0 Å². The average molecular weight is 233 g/mol. The summed E-state index contributed by atoms with van der Waals surface area (Å²) in [5.74, 6) is -0.792. The second-order valence-corrected chi connectivity index (χ2v) is 4.02. The lowest BCUT2D eigenvalue weighted by Crippen LogP contribution is -2.20. The first kappa shape index (κ1) is 11.4. The van der Waals surface area contributed by atoms with Gasteiger partial charge in [-0.1, -0.05) is 0 Å². The van der Waals surface area contributed by atoms with Crippen LogP contribution in [0.2, 0.25) is 0 Å². The molecule has 0 fully saturated rings. The maximum atomic E-state index is 13.5. The molecule has 1 aliphatic rings. The molecule has 1 nitrogen and oxygen atoms in total. The summed E-state index contributed by atoms with van der Waals surface area (Å²) in [6.45, 7) is 0. The van der Waals surface area contributed by atoms with Crippen LogP contribution in [0, 0.1) is 5.82 Å². The van der Waals surface area contributed by atoms with Gasteiger partial charge in [0.15, 0.2) is 0 Å². The monoisotopic (exact) mass is 233 g/mol. The van der Waals surface area contributed by atoms with E-state index in [2.05, 4.69) is 0 Å². The standard InChI is InChI=1S/C11H11F4N/c12-9-5-6(11(13,14)15)4-8-7(9)2-1-3-10(8)16/h4-5,10H,1-3,16H2. The summed E-state index contributed by atoms with van der Waals surface area (Å²) in [6.07, 6.45) is -2.73. The van der Waals surface area contributed by atoms with Crippen LogP contribution < -0.4 is 5.73 Å². The van der Waals surface area contributed by atoms with Gasteiger partial charge in [0.1, 0.15) is 5.82 Å². The van der Waals surface area contributed by atoms with E-state index in [1.54, 1.807) is 0 Å². The Bertz CT molecular complexity index is 411. The fraction of sp³-hybridized carbons (Fsp3) is 0.455. The zero-order valence-corrected chi connectivity index (χ0v) is 8.44. The third kappa shape index (κ3) is 1.91. The first-order chi connectivity index (χ1) is 7.39. The van der Waals surface area contributed by atoms with E-state index in [-0.39, 0.29) is 0 Å². The molecule has 1 unspecified atom stereocenters. The predicted octanol–water partition coefficient (Wildman–Crippen LogP) is 3.18. The summed E-state index contributed by atoms with van der Waals surface area (Å²) in [5, 5.41) is 0. The molecule has 2 N–H and O–H groups in total. The van der Waals surface area contributed by atoms with E-state index in [9.17, 15) is 17.6 Å². The van der Waals surface area contributed by atoms with Gasteiger partial charge in [0.25, 0.3) is 0 Å². The van der Waals surface area contributed by atoms with Crippen LogP contribution in [0.4, 0.5) is 17.6 Å². The van der Waals surface area contributed by atoms with Crippen molar-refractivity contribution in [2.75, 3.05) is 0 Å². The summed E-state index contributed by atoms with van der Waals surface area (Å²) in [6, 6.07) is 1.04. The molecule has 0 saturated heterocycles. The molecule has 2 rings (SSSR count). The minimum atomic E-state index is -4.52. The van der Waals surface area contributed by atoms with E-state index in [4.69, 9.17) is 5.73 Å². The highest BCUT2D eigenvalue weighted by molar-refractivity contribution is 5.38. The van der Waals surface area contributed by atoms with Gasteiger partial charge in [-0.25, -0.2) is 4.39 Å². The van der Waals surface area contributed by atoms with Crippen molar-refractivity contribution in [3.63, 3.8) is 0 Å². The van der Waals surface area contributed by atoms with Crippen molar-refractivity contribution in [1.82, 2.24) is 0 Å². The highest BCUT2D eigenvalue weighted by Crippen LogP contribution is 2.36. The summed E-state index contributed by atoms with van der Waals surface area (Å²) >= 11 is 0. The van der Waals surface area contributed by atoms with E-state index in [1.165, 1.54) is 0 Å². The molecule has 0 heterocycles. The van der Waals surface area contributed by atoms with Crippen molar-refractivity contribution < 1.29 is 17.6 Å². The van der Waals surface area contributed by atoms with Crippen molar-refractivity contribution in [2.45, 2.75) is 31.5 Å². The largest absolute Gasteiger partial charge is 0.416 e. The molecule has 0 amide bonds. The zero-order valence-electron chi connectivity index (χ0n) is 8.44. The average Bonchev–Trinajstić information content (AvgIpc) is 2.18. The van der Waals surface area contributed by atoms with E-state index in [0.717, 1.165) is 12.5 Å². The number of halogens is 4. The van der Waals surface area contributed by atoms with Crippen molar-refractivity contribution in [3.8, 4) is 0 Å². The van der Waals surface area contributed by atoms with Gasteiger partial charge in [-0.2, -0.15) is 13.2 Å². The number of rotatable bonds is 0. The quantitative estimate of drug-likeness (QED) is 0.684. The van der Waals surface area contributed by atoms with Crippen molar-refractivity contribution in [1.29, 1.82) is 0 Å². The van der Waals surface area contributed by atoms with Crippen LogP contribution in [0.25, 0.3) is 0 Å². The number of nitrogens with two attached hydrogens (primary N) is 1. The lowest BCUT2D eigenvalue weighted by atomic mass is 9.86. The minimum absolute atomic E-state index is 0.304. The van der Waals surface area contributed by atoms with Gasteiger partial charge in [-0.3, -0.25) is 0 Å². The molecule has 16 heavy (non-hydrogen) atoms. The molecule has 0 spiro atoms. The smallest absolute Gasteiger partial charge is 0.324 e. The van der Waals surface area contributed by atoms with E-state index >= 15 is 0 Å². The number of hydrogen-bond acceptors (Lipinski definition) is 1. The van der Waals surface area contributed by atoms with E-state index in [1.807, 2.05) is 0 Å². The van der Waals surface area contributed by atoms with E-state index in [0.29, 0.717) is 30.0 Å². The SMILES string of the molecule is NC1CCCc2c(F)cc(C(F)(F)F)cc21. The molecule has 0 radical (unpaired) electrons. The molecule has 5 heteroatoms. The molecule has 0 aromatic heterocycles. The van der Waals surface area contributed by atoms with Gasteiger partial charge in [0.2, 0.25) is 0 Å². The molecule has 1 aromatic rings. The zero-order chi connectivity index (χ0) is 11.9. The minimum Gasteiger partial charge on any atom is -0.324 e. The summed E-state index contributed by atoms with van der Waals surface area (Å²) < 4.78 is 50.9. The fourth-order valence-corrected chi connectivity index (χ4v) is 2.07.